The van der Waals surface area contributed by atoms with Crippen molar-refractivity contribution in [3.8, 4) is 0 Å². The van der Waals surface area contributed by atoms with Crippen molar-refractivity contribution in [1.29, 1.82) is 0 Å². The highest BCUT2D eigenvalue weighted by atomic mass is 14.7. The number of hydrogen-bond donors (Lipinski definition) is 1. The van der Waals surface area contributed by atoms with E-state index in [4.69, 9.17) is 0 Å². The van der Waals surface area contributed by atoms with Crippen molar-refractivity contribution < 1.29 is 0 Å². The summed E-state index contributed by atoms with van der Waals surface area (Å²) >= 11 is 0. The van der Waals surface area contributed by atoms with E-state index < -0.39 is 0 Å². The minimum atomic E-state index is 0.248. The van der Waals surface area contributed by atoms with Gasteiger partial charge in [-0.1, -0.05) is 20.8 Å². The third-order valence-corrected chi connectivity index (χ3v) is 1.90. The molecular formula is C10H17N. The largest absolute Gasteiger partial charge is 0.362 e. The molecule has 0 saturated heterocycles. The van der Waals surface area contributed by atoms with E-state index >= 15 is 0 Å². The van der Waals surface area contributed by atoms with Crippen LogP contribution in [0.2, 0.25) is 0 Å². The SMILES string of the molecule is Cc1cc(C)c(C(C)(C)C)[nH]1. The predicted octanol–water partition coefficient (Wildman–Crippen LogP) is 2.93. The second kappa shape index (κ2) is 2.40. The van der Waals surface area contributed by atoms with E-state index in [0.717, 1.165) is 0 Å². The Morgan fingerprint density at radius 1 is 1.18 bits per heavy atom. The third-order valence-electron chi connectivity index (χ3n) is 1.90. The molecule has 0 aromatic carbocycles. The molecule has 11 heavy (non-hydrogen) atoms. The summed E-state index contributed by atoms with van der Waals surface area (Å²) in [6.45, 7) is 10.9. The van der Waals surface area contributed by atoms with Gasteiger partial charge in [0.15, 0.2) is 0 Å². The van der Waals surface area contributed by atoms with Crippen molar-refractivity contribution in [3.05, 3.63) is 23.0 Å². The van der Waals surface area contributed by atoms with Crippen molar-refractivity contribution in [2.75, 3.05) is 0 Å². The number of aryl methyl sites for hydroxylation is 2. The molecule has 0 aliphatic carbocycles. The van der Waals surface area contributed by atoms with Crippen LogP contribution in [-0.4, -0.2) is 4.98 Å². The molecule has 0 atom stereocenters. The van der Waals surface area contributed by atoms with Gasteiger partial charge in [0.25, 0.3) is 0 Å². The lowest BCUT2D eigenvalue weighted by Gasteiger charge is -2.17. The van der Waals surface area contributed by atoms with Crippen LogP contribution in [0, 0.1) is 13.8 Å². The van der Waals surface area contributed by atoms with E-state index in [1.165, 1.54) is 17.0 Å². The fourth-order valence-electron chi connectivity index (χ4n) is 1.51. The highest BCUT2D eigenvalue weighted by Crippen LogP contribution is 2.24. The van der Waals surface area contributed by atoms with Crippen molar-refractivity contribution >= 4 is 0 Å². The van der Waals surface area contributed by atoms with Gasteiger partial charge in [0.1, 0.15) is 0 Å². The van der Waals surface area contributed by atoms with Gasteiger partial charge in [-0.15, -0.1) is 0 Å². The first kappa shape index (κ1) is 8.38. The molecule has 1 aromatic rings. The van der Waals surface area contributed by atoms with Crippen LogP contribution in [0.4, 0.5) is 0 Å². The summed E-state index contributed by atoms with van der Waals surface area (Å²) in [5, 5.41) is 0. The zero-order valence-electron chi connectivity index (χ0n) is 8.08. The molecule has 1 rings (SSSR count). The Balaban J connectivity index is 3.13. The van der Waals surface area contributed by atoms with Gasteiger partial charge >= 0.3 is 0 Å². The van der Waals surface area contributed by atoms with Crippen LogP contribution in [0.15, 0.2) is 6.07 Å². The first-order valence-electron chi connectivity index (χ1n) is 4.08. The average Bonchev–Trinajstić information content (AvgIpc) is 2.08. The van der Waals surface area contributed by atoms with E-state index in [-0.39, 0.29) is 5.41 Å². The molecule has 0 aliphatic rings. The van der Waals surface area contributed by atoms with Crippen LogP contribution in [-0.2, 0) is 5.41 Å². The molecule has 0 radical (unpaired) electrons. The minimum absolute atomic E-state index is 0.248. The standard InChI is InChI=1S/C10H17N/c1-7-6-8(2)11-9(7)10(3,4)5/h6,11H,1-5H3. The van der Waals surface area contributed by atoms with Crippen LogP contribution < -0.4 is 0 Å². The van der Waals surface area contributed by atoms with E-state index in [1.807, 2.05) is 0 Å². The molecule has 1 nitrogen and oxygen atoms in total. The number of hydrogen-bond acceptors (Lipinski definition) is 0. The summed E-state index contributed by atoms with van der Waals surface area (Å²) in [6.07, 6.45) is 0. The highest BCUT2D eigenvalue weighted by Gasteiger charge is 2.17. The fourth-order valence-corrected chi connectivity index (χ4v) is 1.51. The Kier molecular flexibility index (Phi) is 1.83. The smallest absolute Gasteiger partial charge is 0.0233 e. The number of aromatic amines is 1. The predicted molar refractivity (Wildman–Crippen MR) is 49.0 cm³/mol. The molecule has 62 valence electrons. The lowest BCUT2D eigenvalue weighted by Crippen LogP contribution is -2.12. The Morgan fingerprint density at radius 2 is 1.73 bits per heavy atom. The third kappa shape index (κ3) is 1.65. The number of aromatic nitrogens is 1. The monoisotopic (exact) mass is 151 g/mol. The topological polar surface area (TPSA) is 15.8 Å². The van der Waals surface area contributed by atoms with Crippen molar-refractivity contribution in [2.24, 2.45) is 0 Å². The lowest BCUT2D eigenvalue weighted by atomic mass is 9.90. The molecule has 0 aliphatic heterocycles. The Morgan fingerprint density at radius 3 is 1.91 bits per heavy atom. The molecule has 0 amide bonds. The molecule has 0 fully saturated rings. The van der Waals surface area contributed by atoms with Gasteiger partial charge in [-0.3, -0.25) is 0 Å². The Labute approximate surface area is 68.8 Å². The summed E-state index contributed by atoms with van der Waals surface area (Å²) in [6, 6.07) is 2.20. The van der Waals surface area contributed by atoms with Crippen molar-refractivity contribution in [1.82, 2.24) is 4.98 Å². The summed E-state index contributed by atoms with van der Waals surface area (Å²) in [5.41, 5.74) is 4.23. The summed E-state index contributed by atoms with van der Waals surface area (Å²) in [7, 11) is 0. The summed E-state index contributed by atoms with van der Waals surface area (Å²) in [5.74, 6) is 0. The molecule has 1 heteroatoms. The molecule has 1 aromatic heterocycles. The van der Waals surface area contributed by atoms with Crippen molar-refractivity contribution in [3.63, 3.8) is 0 Å². The van der Waals surface area contributed by atoms with E-state index in [9.17, 15) is 0 Å². The summed E-state index contributed by atoms with van der Waals surface area (Å²) in [4.78, 5) is 3.38. The van der Waals surface area contributed by atoms with Crippen LogP contribution in [0.3, 0.4) is 0 Å². The maximum Gasteiger partial charge on any atom is 0.0233 e. The number of rotatable bonds is 0. The van der Waals surface area contributed by atoms with Gasteiger partial charge in [-0.25, -0.2) is 0 Å². The first-order valence-corrected chi connectivity index (χ1v) is 4.08. The quantitative estimate of drug-likeness (QED) is 0.586. The second-order valence-corrected chi connectivity index (χ2v) is 4.26. The van der Waals surface area contributed by atoms with Gasteiger partial charge in [0.05, 0.1) is 0 Å². The zero-order chi connectivity index (χ0) is 8.65. The second-order valence-electron chi connectivity index (χ2n) is 4.26. The summed E-state index contributed by atoms with van der Waals surface area (Å²) < 4.78 is 0. The maximum atomic E-state index is 3.38. The van der Waals surface area contributed by atoms with Gasteiger partial charge in [0, 0.05) is 16.8 Å². The zero-order valence-corrected chi connectivity index (χ0v) is 8.08. The fraction of sp³-hybridized carbons (Fsp3) is 0.600. The first-order chi connectivity index (χ1) is 4.91. The molecular weight excluding hydrogens is 134 g/mol. The van der Waals surface area contributed by atoms with Crippen LogP contribution >= 0.6 is 0 Å². The molecule has 1 N–H and O–H groups in total. The molecule has 1 heterocycles. The lowest BCUT2D eigenvalue weighted by molar-refractivity contribution is 0.568. The maximum absolute atomic E-state index is 3.38. The van der Waals surface area contributed by atoms with Crippen molar-refractivity contribution in [2.45, 2.75) is 40.0 Å². The van der Waals surface area contributed by atoms with Gasteiger partial charge < -0.3 is 4.98 Å². The van der Waals surface area contributed by atoms with Gasteiger partial charge in [0.2, 0.25) is 0 Å². The number of H-pyrrole nitrogens is 1. The molecule has 0 unspecified atom stereocenters. The van der Waals surface area contributed by atoms with Crippen LogP contribution in [0.1, 0.15) is 37.7 Å². The minimum Gasteiger partial charge on any atom is -0.362 e. The molecule has 0 saturated carbocycles. The number of nitrogens with one attached hydrogen (secondary N) is 1. The van der Waals surface area contributed by atoms with Crippen LogP contribution in [0.25, 0.3) is 0 Å². The van der Waals surface area contributed by atoms with Crippen LogP contribution in [0.5, 0.6) is 0 Å². The van der Waals surface area contributed by atoms with E-state index in [2.05, 4.69) is 45.7 Å². The highest BCUT2D eigenvalue weighted by molar-refractivity contribution is 5.28. The van der Waals surface area contributed by atoms with Gasteiger partial charge in [-0.2, -0.15) is 0 Å². The average molecular weight is 151 g/mol. The molecule has 0 bridgehead atoms. The molecule has 0 spiro atoms. The normalized spacial score (nSPS) is 12.1. The Bertz CT molecular complexity index is 250. The van der Waals surface area contributed by atoms with E-state index in [0.29, 0.717) is 0 Å². The van der Waals surface area contributed by atoms with E-state index in [1.54, 1.807) is 0 Å². The Hall–Kier alpha value is -0.720. The van der Waals surface area contributed by atoms with Gasteiger partial charge in [-0.05, 0) is 25.5 Å².